The largest absolute Gasteiger partial charge is 0.494 e. The summed E-state index contributed by atoms with van der Waals surface area (Å²) < 4.78 is 8.03. The number of rotatable bonds is 4. The lowest BCUT2D eigenvalue weighted by Crippen LogP contribution is -2.65. The van der Waals surface area contributed by atoms with Crippen LogP contribution in [-0.4, -0.2) is 69.2 Å². The van der Waals surface area contributed by atoms with Crippen LogP contribution >= 0.6 is 11.3 Å². The molecular formula is C39H46N6O5S. The quantitative estimate of drug-likeness (QED) is 0.294. The highest BCUT2D eigenvalue weighted by molar-refractivity contribution is 7.15. The average Bonchev–Trinajstić information content (AvgIpc) is 3.85. The second-order valence-electron chi connectivity index (χ2n) is 14.6. The Morgan fingerprint density at radius 3 is 2.65 bits per heavy atom. The summed E-state index contributed by atoms with van der Waals surface area (Å²) in [6.07, 6.45) is 7.41. The minimum absolute atomic E-state index is 0.0566. The van der Waals surface area contributed by atoms with Crippen LogP contribution in [0.1, 0.15) is 61.1 Å². The van der Waals surface area contributed by atoms with E-state index in [1.807, 2.05) is 58.1 Å². The van der Waals surface area contributed by atoms with Crippen LogP contribution in [0.3, 0.4) is 0 Å². The number of thiazole rings is 1. The van der Waals surface area contributed by atoms with E-state index < -0.39 is 29.3 Å². The van der Waals surface area contributed by atoms with Crippen molar-refractivity contribution in [2.75, 3.05) is 19.7 Å². The number of nitrogens with zero attached hydrogens (tertiary/aromatic N) is 3. The van der Waals surface area contributed by atoms with Gasteiger partial charge in [0.15, 0.2) is 4.96 Å². The van der Waals surface area contributed by atoms with E-state index in [9.17, 15) is 19.2 Å². The number of carbonyl (C=O) groups excluding carboxylic acids is 4. The molecule has 2 aromatic carbocycles. The Hall–Kier alpha value is -4.71. The summed E-state index contributed by atoms with van der Waals surface area (Å²) >= 11 is 1.47. The molecule has 2 aliphatic heterocycles. The predicted molar refractivity (Wildman–Crippen MR) is 194 cm³/mol. The number of aromatic nitrogens is 2. The number of imidazole rings is 1. The van der Waals surface area contributed by atoms with E-state index in [0.29, 0.717) is 38.2 Å². The van der Waals surface area contributed by atoms with Gasteiger partial charge in [-0.25, -0.2) is 4.98 Å². The first-order valence-corrected chi connectivity index (χ1v) is 18.8. The normalized spacial score (nSPS) is 25.0. The van der Waals surface area contributed by atoms with Crippen LogP contribution < -0.4 is 20.7 Å². The summed E-state index contributed by atoms with van der Waals surface area (Å²) in [7, 11) is 0. The number of fused-ring (bicyclic) bond motifs is 6. The zero-order valence-electron chi connectivity index (χ0n) is 29.4. The van der Waals surface area contributed by atoms with Gasteiger partial charge < -0.3 is 25.6 Å². The number of amides is 4. The van der Waals surface area contributed by atoms with Crippen LogP contribution in [-0.2, 0) is 45.0 Å². The Labute approximate surface area is 302 Å². The standard InChI is InChI=1S/C39H46N6O5S/c1-24-10-11-32-19-29(24)21-40-37(49)39(3,30-17-27-8-4-5-9-28(27)18-30)43-35(47)34(42-33(46)20-31-23-45-14-16-51-38(45)41-31)25(2)36(48)44-13-6-7-26(22-44)12-15-50-32/h4-5,8-11,14,16,19,23,25-26,30,34H,6-7,12-13,15,17-18,20-22H2,1-3H3,(H,40,49)(H,42,46)(H,43,47)/t25?,26?,34-,39+/m0/s1. The molecule has 268 valence electrons. The molecular weight excluding hydrogens is 665 g/mol. The fraction of sp³-hybridized carbons (Fsp3) is 0.462. The first-order valence-electron chi connectivity index (χ1n) is 18.0. The number of ether oxygens (including phenoxy) is 1. The van der Waals surface area contributed by atoms with Gasteiger partial charge in [-0.3, -0.25) is 23.6 Å². The van der Waals surface area contributed by atoms with Gasteiger partial charge in [-0.1, -0.05) is 37.3 Å². The maximum absolute atomic E-state index is 14.6. The molecule has 4 aromatic rings. The third kappa shape index (κ3) is 7.37. The monoisotopic (exact) mass is 710 g/mol. The molecule has 0 radical (unpaired) electrons. The molecule has 3 aliphatic rings. The summed E-state index contributed by atoms with van der Waals surface area (Å²) in [4.78, 5) is 63.9. The van der Waals surface area contributed by atoms with E-state index in [1.165, 1.54) is 11.3 Å². The zero-order valence-corrected chi connectivity index (χ0v) is 30.3. The SMILES string of the molecule is Cc1ccc2cc1CNC(=O)[C@@](C)(C1Cc3ccccc3C1)NC(=O)[C@@H](NC(=O)Cc1cn3ccsc3n1)C(C)C(=O)N1CCCC(CCO2)C1. The Morgan fingerprint density at radius 2 is 1.88 bits per heavy atom. The number of carbonyl (C=O) groups is 4. The fourth-order valence-corrected chi connectivity index (χ4v) is 8.59. The van der Waals surface area contributed by atoms with Gasteiger partial charge in [-0.05, 0) is 92.2 Å². The summed E-state index contributed by atoms with van der Waals surface area (Å²) in [5, 5.41) is 11.0. The number of benzene rings is 2. The molecule has 1 saturated heterocycles. The molecule has 3 N–H and O–H groups in total. The number of nitrogens with one attached hydrogen (secondary N) is 3. The second-order valence-corrected chi connectivity index (χ2v) is 15.5. The van der Waals surface area contributed by atoms with Crippen molar-refractivity contribution in [3.05, 3.63) is 88.2 Å². The molecule has 0 spiro atoms. The Kier molecular flexibility index (Phi) is 9.87. The van der Waals surface area contributed by atoms with Gasteiger partial charge in [0.2, 0.25) is 23.6 Å². The molecule has 1 fully saturated rings. The summed E-state index contributed by atoms with van der Waals surface area (Å²) in [5.74, 6) is -1.68. The van der Waals surface area contributed by atoms with E-state index in [-0.39, 0.29) is 36.6 Å². The first-order chi connectivity index (χ1) is 24.6. The molecule has 12 heteroatoms. The molecule has 4 bridgehead atoms. The lowest BCUT2D eigenvalue weighted by atomic mass is 9.81. The van der Waals surface area contributed by atoms with Gasteiger partial charge in [0.1, 0.15) is 17.3 Å². The van der Waals surface area contributed by atoms with Gasteiger partial charge >= 0.3 is 0 Å². The maximum Gasteiger partial charge on any atom is 0.246 e. The van der Waals surface area contributed by atoms with E-state index >= 15 is 0 Å². The van der Waals surface area contributed by atoms with Gasteiger partial charge in [-0.2, -0.15) is 0 Å². The molecule has 4 amide bonds. The molecule has 4 atom stereocenters. The number of hydrogen-bond acceptors (Lipinski definition) is 7. The Bertz CT molecular complexity index is 1900. The maximum atomic E-state index is 14.6. The summed E-state index contributed by atoms with van der Waals surface area (Å²) in [6, 6.07) is 12.8. The third-order valence-corrected chi connectivity index (χ3v) is 11.9. The molecule has 1 aliphatic carbocycles. The van der Waals surface area contributed by atoms with Crippen molar-refractivity contribution in [1.82, 2.24) is 30.2 Å². The molecule has 7 rings (SSSR count). The number of hydrogen-bond donors (Lipinski definition) is 3. The molecule has 0 saturated carbocycles. The highest BCUT2D eigenvalue weighted by atomic mass is 32.1. The van der Waals surface area contributed by atoms with E-state index in [2.05, 4.69) is 33.1 Å². The fourth-order valence-electron chi connectivity index (χ4n) is 7.87. The number of aryl methyl sites for hydroxylation is 1. The molecule has 2 aromatic heterocycles. The van der Waals surface area contributed by atoms with E-state index in [1.54, 1.807) is 20.0 Å². The molecule has 4 heterocycles. The van der Waals surface area contributed by atoms with Crippen LogP contribution in [0, 0.1) is 24.7 Å². The van der Waals surface area contributed by atoms with Gasteiger partial charge in [0.25, 0.3) is 0 Å². The first kappa shape index (κ1) is 34.7. The minimum atomic E-state index is -1.36. The van der Waals surface area contributed by atoms with Crippen molar-refractivity contribution in [2.45, 2.75) is 77.4 Å². The van der Waals surface area contributed by atoms with Gasteiger partial charge in [0.05, 0.1) is 24.6 Å². The third-order valence-electron chi connectivity index (χ3n) is 11.1. The second kappa shape index (κ2) is 14.5. The minimum Gasteiger partial charge on any atom is -0.494 e. The van der Waals surface area contributed by atoms with Crippen molar-refractivity contribution in [3.8, 4) is 5.75 Å². The summed E-state index contributed by atoms with van der Waals surface area (Å²) in [6.45, 7) is 7.35. The number of piperidine rings is 1. The van der Waals surface area contributed by atoms with Crippen molar-refractivity contribution in [2.24, 2.45) is 17.8 Å². The van der Waals surface area contributed by atoms with Crippen molar-refractivity contribution < 1.29 is 23.9 Å². The van der Waals surface area contributed by atoms with Crippen molar-refractivity contribution in [3.63, 3.8) is 0 Å². The highest BCUT2D eigenvalue weighted by Crippen LogP contribution is 2.35. The Morgan fingerprint density at radius 1 is 1.10 bits per heavy atom. The van der Waals surface area contributed by atoms with Crippen molar-refractivity contribution >= 4 is 39.9 Å². The lowest BCUT2D eigenvalue weighted by molar-refractivity contribution is -0.144. The smallest absolute Gasteiger partial charge is 0.246 e. The van der Waals surface area contributed by atoms with Crippen LogP contribution in [0.15, 0.2) is 60.2 Å². The predicted octanol–water partition coefficient (Wildman–Crippen LogP) is 4.00. The van der Waals surface area contributed by atoms with Gasteiger partial charge in [0, 0.05) is 37.4 Å². The van der Waals surface area contributed by atoms with E-state index in [4.69, 9.17) is 4.74 Å². The van der Waals surface area contributed by atoms with Crippen molar-refractivity contribution in [1.29, 1.82) is 0 Å². The molecule has 2 unspecified atom stereocenters. The van der Waals surface area contributed by atoms with Crippen LogP contribution in [0.25, 0.3) is 4.96 Å². The topological polar surface area (TPSA) is 134 Å². The lowest BCUT2D eigenvalue weighted by Gasteiger charge is -2.39. The average molecular weight is 711 g/mol. The van der Waals surface area contributed by atoms with Crippen LogP contribution in [0.4, 0.5) is 0 Å². The van der Waals surface area contributed by atoms with Crippen LogP contribution in [0.2, 0.25) is 0 Å². The van der Waals surface area contributed by atoms with E-state index in [0.717, 1.165) is 52.2 Å². The van der Waals surface area contributed by atoms with Gasteiger partial charge in [-0.15, -0.1) is 11.3 Å². The van der Waals surface area contributed by atoms with Crippen LogP contribution in [0.5, 0.6) is 5.75 Å². The molecule has 51 heavy (non-hydrogen) atoms. The summed E-state index contributed by atoms with van der Waals surface area (Å²) in [5.41, 5.74) is 3.43. The highest BCUT2D eigenvalue weighted by Gasteiger charge is 2.47. The Balaban J connectivity index is 1.21. The zero-order chi connectivity index (χ0) is 35.7. The molecule has 11 nitrogen and oxygen atoms in total.